The third-order valence-electron chi connectivity index (χ3n) is 6.57. The van der Waals surface area contributed by atoms with E-state index >= 15 is 0 Å². The number of para-hydroxylation sites is 2. The van der Waals surface area contributed by atoms with E-state index in [9.17, 15) is 14.4 Å². The first-order chi connectivity index (χ1) is 15.5. The molecular formula is C23H31N5O4. The van der Waals surface area contributed by atoms with Gasteiger partial charge < -0.3 is 14.2 Å². The molecule has 2 aliphatic rings. The number of imide groups is 1. The van der Waals surface area contributed by atoms with E-state index in [4.69, 9.17) is 4.74 Å². The summed E-state index contributed by atoms with van der Waals surface area (Å²) in [5.41, 5.74) is 0.893. The molecule has 2 fully saturated rings. The molecule has 9 nitrogen and oxygen atoms in total. The number of nitrogens with zero attached hydrogens (tertiary/aromatic N) is 4. The molecule has 1 aromatic heterocycles. The van der Waals surface area contributed by atoms with E-state index in [0.29, 0.717) is 38.5 Å². The number of hydrogen-bond acceptors (Lipinski definition) is 5. The topological polar surface area (TPSA) is 96.8 Å². The minimum absolute atomic E-state index is 0.259. The van der Waals surface area contributed by atoms with E-state index in [1.165, 1.54) is 4.90 Å². The molecule has 1 aliphatic carbocycles. The number of rotatable bonds is 8. The molecule has 2 aromatic rings. The molecule has 1 N–H and O–H groups in total. The number of nitrogens with one attached hydrogen (secondary N) is 1. The van der Waals surface area contributed by atoms with Crippen molar-refractivity contribution in [3.63, 3.8) is 0 Å². The average molecular weight is 442 g/mol. The van der Waals surface area contributed by atoms with Crippen molar-refractivity contribution in [3.8, 4) is 0 Å². The maximum atomic E-state index is 13.2. The fourth-order valence-electron chi connectivity index (χ4n) is 4.85. The highest BCUT2D eigenvalue weighted by Crippen LogP contribution is 2.39. The molecule has 172 valence electrons. The van der Waals surface area contributed by atoms with Gasteiger partial charge in [0.1, 0.15) is 12.1 Å². The van der Waals surface area contributed by atoms with E-state index in [-0.39, 0.29) is 12.5 Å². The summed E-state index contributed by atoms with van der Waals surface area (Å²) in [6, 6.07) is 7.26. The zero-order chi connectivity index (χ0) is 22.7. The van der Waals surface area contributed by atoms with Crippen molar-refractivity contribution in [2.24, 2.45) is 0 Å². The van der Waals surface area contributed by atoms with Crippen LogP contribution in [0, 0.1) is 0 Å². The Morgan fingerprint density at radius 3 is 2.69 bits per heavy atom. The summed E-state index contributed by atoms with van der Waals surface area (Å²) in [6.45, 7) is 3.53. The lowest BCUT2D eigenvalue weighted by Gasteiger charge is -2.35. The predicted molar refractivity (Wildman–Crippen MR) is 120 cm³/mol. The van der Waals surface area contributed by atoms with Gasteiger partial charge in [0.25, 0.3) is 5.91 Å². The monoisotopic (exact) mass is 441 g/mol. The highest BCUT2D eigenvalue weighted by Gasteiger charge is 2.55. The van der Waals surface area contributed by atoms with Gasteiger partial charge in [0.15, 0.2) is 0 Å². The lowest BCUT2D eigenvalue weighted by Crippen LogP contribution is -2.49. The molecule has 4 rings (SSSR count). The van der Waals surface area contributed by atoms with Crippen molar-refractivity contribution >= 4 is 34.8 Å². The van der Waals surface area contributed by atoms with Crippen LogP contribution >= 0.6 is 0 Å². The quantitative estimate of drug-likeness (QED) is 0.502. The van der Waals surface area contributed by atoms with Gasteiger partial charge in [-0.3, -0.25) is 19.8 Å². The number of aromatic nitrogens is 2. The molecule has 1 saturated heterocycles. The number of imidazole rings is 1. The first kappa shape index (κ1) is 22.3. The van der Waals surface area contributed by atoms with Gasteiger partial charge in [-0.15, -0.1) is 0 Å². The van der Waals surface area contributed by atoms with Crippen molar-refractivity contribution in [1.82, 2.24) is 19.4 Å². The number of carbonyl (C=O) groups is 3. The number of benzene rings is 1. The van der Waals surface area contributed by atoms with E-state index < -0.39 is 17.5 Å². The number of carbonyl (C=O) groups excluding carboxylic acids is 3. The molecule has 9 heteroatoms. The van der Waals surface area contributed by atoms with Crippen LogP contribution in [0.5, 0.6) is 0 Å². The second-order valence-corrected chi connectivity index (χ2v) is 8.50. The molecule has 4 amide bonds. The molecule has 0 radical (unpaired) electrons. The van der Waals surface area contributed by atoms with Crippen LogP contribution in [-0.2, 0) is 20.9 Å². The van der Waals surface area contributed by atoms with Crippen LogP contribution in [0.4, 0.5) is 10.7 Å². The Kier molecular flexibility index (Phi) is 6.45. The third-order valence-corrected chi connectivity index (χ3v) is 6.57. The van der Waals surface area contributed by atoms with E-state index in [1.807, 2.05) is 35.8 Å². The Hall–Kier alpha value is -2.94. The summed E-state index contributed by atoms with van der Waals surface area (Å²) in [7, 11) is 1.67. The Morgan fingerprint density at radius 1 is 1.19 bits per heavy atom. The molecule has 32 heavy (non-hydrogen) atoms. The van der Waals surface area contributed by atoms with E-state index in [0.717, 1.165) is 41.6 Å². The molecule has 1 spiro atoms. The predicted octanol–water partition coefficient (Wildman–Crippen LogP) is 3.00. The Morgan fingerprint density at radius 2 is 1.94 bits per heavy atom. The SMILES string of the molecule is CCOCCCn1c(NC(=O)CN2C(=O)N(C)C3(CCCCC3)C2=O)nc2ccccc21. The normalized spacial score (nSPS) is 18.2. The molecule has 1 saturated carbocycles. The maximum absolute atomic E-state index is 13.2. The van der Waals surface area contributed by atoms with Crippen LogP contribution in [0.1, 0.15) is 45.4 Å². The van der Waals surface area contributed by atoms with Gasteiger partial charge in [-0.25, -0.2) is 9.78 Å². The van der Waals surface area contributed by atoms with Gasteiger partial charge in [-0.2, -0.15) is 0 Å². The van der Waals surface area contributed by atoms with Gasteiger partial charge in [0, 0.05) is 26.8 Å². The van der Waals surface area contributed by atoms with Crippen molar-refractivity contribution in [2.75, 3.05) is 32.1 Å². The molecule has 1 aliphatic heterocycles. The number of anilines is 1. The summed E-state index contributed by atoms with van der Waals surface area (Å²) < 4.78 is 7.37. The molecular weight excluding hydrogens is 410 g/mol. The Bertz CT molecular complexity index is 1010. The Balaban J connectivity index is 1.49. The molecule has 1 aromatic carbocycles. The third kappa shape index (κ3) is 3.97. The average Bonchev–Trinajstić information content (AvgIpc) is 3.22. The van der Waals surface area contributed by atoms with Crippen LogP contribution < -0.4 is 5.32 Å². The van der Waals surface area contributed by atoms with E-state index in [1.54, 1.807) is 7.05 Å². The van der Waals surface area contributed by atoms with Crippen molar-refractivity contribution < 1.29 is 19.1 Å². The summed E-state index contributed by atoms with van der Waals surface area (Å²) >= 11 is 0. The summed E-state index contributed by atoms with van der Waals surface area (Å²) in [6.07, 6.45) is 4.97. The molecule has 2 heterocycles. The fourth-order valence-corrected chi connectivity index (χ4v) is 4.85. The first-order valence-electron chi connectivity index (χ1n) is 11.4. The van der Waals surface area contributed by atoms with Gasteiger partial charge >= 0.3 is 6.03 Å². The standard InChI is InChI=1S/C23H31N5O4/c1-3-32-15-9-14-27-18-11-6-5-10-17(18)24-21(27)25-19(29)16-28-20(30)23(26(2)22(28)31)12-7-4-8-13-23/h5-6,10-11H,3-4,7-9,12-16H2,1-2H3,(H,24,25,29). The number of ether oxygens (including phenoxy) is 1. The molecule has 0 unspecified atom stereocenters. The number of amides is 4. The van der Waals surface area contributed by atoms with Gasteiger partial charge in [0.2, 0.25) is 11.9 Å². The lowest BCUT2D eigenvalue weighted by molar-refractivity contribution is -0.136. The Labute approximate surface area is 187 Å². The van der Waals surface area contributed by atoms with Crippen LogP contribution in [0.25, 0.3) is 11.0 Å². The summed E-state index contributed by atoms with van der Waals surface area (Å²) in [5, 5.41) is 2.82. The van der Waals surface area contributed by atoms with E-state index in [2.05, 4.69) is 10.3 Å². The number of likely N-dealkylation sites (N-methyl/N-ethyl adjacent to an activating group) is 1. The summed E-state index contributed by atoms with van der Waals surface area (Å²) in [5.74, 6) is -0.285. The maximum Gasteiger partial charge on any atom is 0.327 e. The van der Waals surface area contributed by atoms with Crippen molar-refractivity contribution in [1.29, 1.82) is 0 Å². The lowest BCUT2D eigenvalue weighted by atomic mass is 9.81. The largest absolute Gasteiger partial charge is 0.382 e. The fraction of sp³-hybridized carbons (Fsp3) is 0.565. The van der Waals surface area contributed by atoms with Crippen LogP contribution in [0.2, 0.25) is 0 Å². The number of aryl methyl sites for hydroxylation is 1. The highest BCUT2D eigenvalue weighted by molar-refractivity contribution is 6.10. The minimum Gasteiger partial charge on any atom is -0.382 e. The number of hydrogen-bond donors (Lipinski definition) is 1. The molecule has 0 atom stereocenters. The summed E-state index contributed by atoms with van der Waals surface area (Å²) in [4.78, 5) is 46.0. The van der Waals surface area contributed by atoms with Gasteiger partial charge in [0.05, 0.1) is 11.0 Å². The second kappa shape index (κ2) is 9.28. The first-order valence-corrected chi connectivity index (χ1v) is 11.4. The zero-order valence-corrected chi connectivity index (χ0v) is 18.8. The highest BCUT2D eigenvalue weighted by atomic mass is 16.5. The smallest absolute Gasteiger partial charge is 0.327 e. The number of urea groups is 1. The second-order valence-electron chi connectivity index (χ2n) is 8.50. The van der Waals surface area contributed by atoms with Crippen molar-refractivity contribution in [2.45, 2.75) is 57.5 Å². The van der Waals surface area contributed by atoms with Crippen LogP contribution in [0.3, 0.4) is 0 Å². The van der Waals surface area contributed by atoms with Gasteiger partial charge in [-0.05, 0) is 38.3 Å². The van der Waals surface area contributed by atoms with Crippen LogP contribution in [0.15, 0.2) is 24.3 Å². The minimum atomic E-state index is -0.790. The zero-order valence-electron chi connectivity index (χ0n) is 18.8. The van der Waals surface area contributed by atoms with Gasteiger partial charge in [-0.1, -0.05) is 31.4 Å². The van der Waals surface area contributed by atoms with Crippen molar-refractivity contribution in [3.05, 3.63) is 24.3 Å². The molecule has 0 bridgehead atoms. The van der Waals surface area contributed by atoms with Crippen LogP contribution in [-0.4, -0.2) is 69.5 Å². The number of fused-ring (bicyclic) bond motifs is 1.